The fourth-order valence-electron chi connectivity index (χ4n) is 2.35. The van der Waals surface area contributed by atoms with Crippen LogP contribution in [0.4, 0.5) is 0 Å². The molecule has 98 valence electrons. The van der Waals surface area contributed by atoms with E-state index in [0.29, 0.717) is 30.0 Å². The summed E-state index contributed by atoms with van der Waals surface area (Å²) < 4.78 is 4.96. The highest BCUT2D eigenvalue weighted by Gasteiger charge is 2.33. The van der Waals surface area contributed by atoms with E-state index in [-0.39, 0.29) is 11.9 Å². The molecule has 0 bridgehead atoms. The summed E-state index contributed by atoms with van der Waals surface area (Å²) in [5.41, 5.74) is 2.58. The van der Waals surface area contributed by atoms with Crippen molar-refractivity contribution in [2.24, 2.45) is 0 Å². The number of ether oxygens (including phenoxy) is 1. The summed E-state index contributed by atoms with van der Waals surface area (Å²) in [6, 6.07) is 0. The number of hydrogen-bond donors (Lipinski definition) is 1. The smallest absolute Gasteiger partial charge is 0.355 e. The summed E-state index contributed by atoms with van der Waals surface area (Å²) in [6.45, 7) is 7.22. The van der Waals surface area contributed by atoms with E-state index in [1.54, 1.807) is 18.7 Å². The van der Waals surface area contributed by atoms with Gasteiger partial charge in [0.1, 0.15) is 5.69 Å². The Kier molecular flexibility index (Phi) is 3.41. The maximum absolute atomic E-state index is 12.2. The first-order valence-electron chi connectivity index (χ1n) is 6.27. The third kappa shape index (κ3) is 1.89. The zero-order valence-corrected chi connectivity index (χ0v) is 11.0. The number of nitrogens with zero attached hydrogens (tertiary/aromatic N) is 1. The summed E-state index contributed by atoms with van der Waals surface area (Å²) in [5, 5.41) is 0. The monoisotopic (exact) mass is 250 g/mol. The molecule has 1 aromatic heterocycles. The van der Waals surface area contributed by atoms with Crippen molar-refractivity contribution in [3.05, 3.63) is 22.5 Å². The van der Waals surface area contributed by atoms with Gasteiger partial charge in [0.25, 0.3) is 5.91 Å². The zero-order chi connectivity index (χ0) is 13.3. The maximum Gasteiger partial charge on any atom is 0.355 e. The zero-order valence-electron chi connectivity index (χ0n) is 11.0. The Labute approximate surface area is 106 Å². The second-order valence-electron chi connectivity index (χ2n) is 4.43. The summed E-state index contributed by atoms with van der Waals surface area (Å²) in [6.07, 6.45) is 0.930. The Morgan fingerprint density at radius 1 is 1.44 bits per heavy atom. The predicted octanol–water partition coefficient (Wildman–Crippen LogP) is 1.87. The van der Waals surface area contributed by atoms with Gasteiger partial charge in [-0.25, -0.2) is 4.79 Å². The van der Waals surface area contributed by atoms with Crippen molar-refractivity contribution in [1.82, 2.24) is 9.88 Å². The maximum atomic E-state index is 12.2. The van der Waals surface area contributed by atoms with Gasteiger partial charge in [0.05, 0.1) is 18.7 Å². The third-order valence-electron chi connectivity index (χ3n) is 3.15. The molecule has 2 heterocycles. The molecule has 0 saturated carbocycles. The highest BCUT2D eigenvalue weighted by atomic mass is 16.5. The number of hydrogen-bond acceptors (Lipinski definition) is 3. The molecule has 0 fully saturated rings. The lowest BCUT2D eigenvalue weighted by atomic mass is 10.1. The topological polar surface area (TPSA) is 62.4 Å². The van der Waals surface area contributed by atoms with Crippen LogP contribution in [0.5, 0.6) is 0 Å². The minimum atomic E-state index is -0.390. The van der Waals surface area contributed by atoms with Crippen molar-refractivity contribution in [2.45, 2.75) is 33.7 Å². The van der Waals surface area contributed by atoms with Crippen molar-refractivity contribution in [3.63, 3.8) is 0 Å². The normalized spacial score (nSPS) is 13.9. The molecule has 0 atom stereocenters. The van der Waals surface area contributed by atoms with Gasteiger partial charge in [-0.1, -0.05) is 6.92 Å². The lowest BCUT2D eigenvalue weighted by Crippen LogP contribution is -2.25. The summed E-state index contributed by atoms with van der Waals surface area (Å²) >= 11 is 0. The molecule has 0 unspecified atom stereocenters. The van der Waals surface area contributed by atoms with E-state index in [9.17, 15) is 9.59 Å². The molecule has 5 nitrogen and oxygen atoms in total. The third-order valence-corrected chi connectivity index (χ3v) is 3.15. The van der Waals surface area contributed by atoms with Gasteiger partial charge < -0.3 is 14.6 Å². The molecule has 2 rings (SSSR count). The van der Waals surface area contributed by atoms with Crippen molar-refractivity contribution in [2.75, 3.05) is 13.2 Å². The van der Waals surface area contributed by atoms with Crippen LogP contribution in [-0.2, 0) is 11.3 Å². The van der Waals surface area contributed by atoms with Gasteiger partial charge in [-0.2, -0.15) is 0 Å². The number of H-pyrrole nitrogens is 1. The molecule has 1 aliphatic rings. The molecule has 1 N–H and O–H groups in total. The lowest BCUT2D eigenvalue weighted by molar-refractivity contribution is 0.0519. The van der Waals surface area contributed by atoms with Crippen LogP contribution in [0.1, 0.15) is 52.4 Å². The fourth-order valence-corrected chi connectivity index (χ4v) is 2.35. The molecule has 0 spiro atoms. The molecule has 1 aliphatic heterocycles. The van der Waals surface area contributed by atoms with Crippen LogP contribution in [0.2, 0.25) is 0 Å². The first-order chi connectivity index (χ1) is 8.60. The van der Waals surface area contributed by atoms with E-state index in [4.69, 9.17) is 4.74 Å². The fraction of sp³-hybridized carbons (Fsp3) is 0.538. The van der Waals surface area contributed by atoms with Crippen molar-refractivity contribution in [1.29, 1.82) is 0 Å². The highest BCUT2D eigenvalue weighted by molar-refractivity contribution is 6.03. The van der Waals surface area contributed by atoms with Gasteiger partial charge in [0.15, 0.2) is 0 Å². The quantitative estimate of drug-likeness (QED) is 0.830. The van der Waals surface area contributed by atoms with E-state index < -0.39 is 0 Å². The Bertz CT molecular complexity index is 491. The summed E-state index contributed by atoms with van der Waals surface area (Å²) in [7, 11) is 0. The number of aromatic amines is 1. The second kappa shape index (κ2) is 4.84. The number of carbonyl (C=O) groups excluding carboxylic acids is 2. The van der Waals surface area contributed by atoms with Crippen LogP contribution < -0.4 is 0 Å². The minimum Gasteiger partial charge on any atom is -0.461 e. The Morgan fingerprint density at radius 3 is 2.72 bits per heavy atom. The summed E-state index contributed by atoms with van der Waals surface area (Å²) in [4.78, 5) is 28.7. The van der Waals surface area contributed by atoms with Gasteiger partial charge in [0, 0.05) is 12.2 Å². The Morgan fingerprint density at radius 2 is 2.17 bits per heavy atom. The van der Waals surface area contributed by atoms with Crippen LogP contribution in [-0.4, -0.2) is 34.9 Å². The molecule has 0 radical (unpaired) electrons. The van der Waals surface area contributed by atoms with Crippen LogP contribution in [0, 0.1) is 6.92 Å². The largest absolute Gasteiger partial charge is 0.461 e. The average molecular weight is 250 g/mol. The van der Waals surface area contributed by atoms with Gasteiger partial charge in [0.2, 0.25) is 0 Å². The first kappa shape index (κ1) is 12.7. The number of amides is 1. The lowest BCUT2D eigenvalue weighted by Gasteiger charge is -2.14. The molecule has 1 amide bonds. The number of nitrogens with one attached hydrogen (secondary N) is 1. The van der Waals surface area contributed by atoms with Crippen LogP contribution >= 0.6 is 0 Å². The Hall–Kier alpha value is -1.78. The Balaban J connectivity index is 2.29. The van der Waals surface area contributed by atoms with E-state index >= 15 is 0 Å². The molecule has 0 saturated heterocycles. The minimum absolute atomic E-state index is 0.0103. The highest BCUT2D eigenvalue weighted by Crippen LogP contribution is 2.28. The SMILES string of the molecule is CCCN1Cc2[nH]c(C(=O)OCC)c(C)c2C1=O. The van der Waals surface area contributed by atoms with Gasteiger partial charge in [-0.05, 0) is 25.8 Å². The standard InChI is InChI=1S/C13H18N2O3/c1-4-6-15-7-9-10(12(15)16)8(3)11(14-9)13(17)18-5-2/h14H,4-7H2,1-3H3. The van der Waals surface area contributed by atoms with Gasteiger partial charge >= 0.3 is 5.97 Å². The molecule has 0 aliphatic carbocycles. The van der Waals surface area contributed by atoms with Crippen molar-refractivity contribution >= 4 is 11.9 Å². The van der Waals surface area contributed by atoms with E-state index in [2.05, 4.69) is 4.98 Å². The van der Waals surface area contributed by atoms with Crippen molar-refractivity contribution in [3.8, 4) is 0 Å². The molecule has 1 aromatic rings. The summed E-state index contributed by atoms with van der Waals surface area (Å²) in [5.74, 6) is -0.379. The van der Waals surface area contributed by atoms with E-state index in [0.717, 1.165) is 18.7 Å². The number of carbonyl (C=O) groups is 2. The number of fused-ring (bicyclic) bond motifs is 1. The molecule has 0 aromatic carbocycles. The van der Waals surface area contributed by atoms with E-state index in [1.807, 2.05) is 6.92 Å². The second-order valence-corrected chi connectivity index (χ2v) is 4.43. The number of aromatic nitrogens is 1. The first-order valence-corrected chi connectivity index (χ1v) is 6.27. The number of rotatable bonds is 4. The van der Waals surface area contributed by atoms with Crippen LogP contribution in [0.3, 0.4) is 0 Å². The molecular formula is C13H18N2O3. The predicted molar refractivity (Wildman–Crippen MR) is 66.5 cm³/mol. The molecule has 5 heteroatoms. The van der Waals surface area contributed by atoms with Crippen LogP contribution in [0.25, 0.3) is 0 Å². The molecular weight excluding hydrogens is 232 g/mol. The molecule has 18 heavy (non-hydrogen) atoms. The van der Waals surface area contributed by atoms with Crippen LogP contribution in [0.15, 0.2) is 0 Å². The van der Waals surface area contributed by atoms with E-state index in [1.165, 1.54) is 0 Å². The van der Waals surface area contributed by atoms with Gasteiger partial charge in [-0.15, -0.1) is 0 Å². The average Bonchev–Trinajstić information content (AvgIpc) is 2.80. The van der Waals surface area contributed by atoms with Gasteiger partial charge in [-0.3, -0.25) is 4.79 Å². The number of esters is 1. The van der Waals surface area contributed by atoms with Crippen molar-refractivity contribution < 1.29 is 14.3 Å².